The molecule has 0 heterocycles. The summed E-state index contributed by atoms with van der Waals surface area (Å²) in [7, 11) is 0. The van der Waals surface area contributed by atoms with Gasteiger partial charge in [-0.25, -0.2) is 4.79 Å². The second-order valence-corrected chi connectivity index (χ2v) is 7.34. The van der Waals surface area contributed by atoms with Gasteiger partial charge in [-0.05, 0) is 38.0 Å². The van der Waals surface area contributed by atoms with Crippen molar-refractivity contribution in [2.75, 3.05) is 0 Å². The molecule has 0 spiro atoms. The van der Waals surface area contributed by atoms with Crippen molar-refractivity contribution in [3.8, 4) is 0 Å². The van der Waals surface area contributed by atoms with E-state index in [9.17, 15) is 19.5 Å². The molecule has 0 unspecified atom stereocenters. The van der Waals surface area contributed by atoms with Crippen molar-refractivity contribution in [1.82, 2.24) is 5.32 Å². The minimum atomic E-state index is -1.23. The van der Waals surface area contributed by atoms with Crippen molar-refractivity contribution >= 4 is 17.7 Å². The summed E-state index contributed by atoms with van der Waals surface area (Å²) in [6, 6.07) is 12.7. The third-order valence-corrected chi connectivity index (χ3v) is 5.17. The summed E-state index contributed by atoms with van der Waals surface area (Å²) in [5.74, 6) is -1.91. The Hall–Kier alpha value is -2.95. The number of ketones is 1. The monoisotopic (exact) mass is 365 g/mol. The number of hydrogen-bond donors (Lipinski definition) is 2. The van der Waals surface area contributed by atoms with Crippen LogP contribution in [0.5, 0.6) is 0 Å². The number of amides is 1. The largest absolute Gasteiger partial charge is 0.478 e. The highest BCUT2D eigenvalue weighted by Crippen LogP contribution is 2.28. The molecule has 1 aliphatic rings. The van der Waals surface area contributed by atoms with Gasteiger partial charge >= 0.3 is 5.97 Å². The van der Waals surface area contributed by atoms with E-state index in [1.165, 1.54) is 24.6 Å². The quantitative estimate of drug-likeness (QED) is 0.783. The molecule has 1 fully saturated rings. The van der Waals surface area contributed by atoms with Gasteiger partial charge < -0.3 is 10.4 Å². The van der Waals surface area contributed by atoms with Crippen molar-refractivity contribution in [2.45, 2.75) is 44.6 Å². The molecule has 0 bridgehead atoms. The lowest BCUT2D eigenvalue weighted by Gasteiger charge is -2.34. The molecule has 0 atom stereocenters. The number of hydrogen-bond acceptors (Lipinski definition) is 3. The van der Waals surface area contributed by atoms with Crippen LogP contribution in [0.4, 0.5) is 0 Å². The molecule has 3 rings (SSSR count). The van der Waals surface area contributed by atoms with Crippen LogP contribution < -0.4 is 5.32 Å². The third kappa shape index (κ3) is 4.25. The molecule has 0 saturated heterocycles. The Kier molecular flexibility index (Phi) is 5.40. The fraction of sp³-hybridized carbons (Fsp3) is 0.318. The molecule has 1 saturated carbocycles. The average Bonchev–Trinajstić information content (AvgIpc) is 2.67. The van der Waals surface area contributed by atoms with Gasteiger partial charge in [0.1, 0.15) is 0 Å². The molecular weight excluding hydrogens is 342 g/mol. The molecule has 2 aromatic rings. The topological polar surface area (TPSA) is 83.5 Å². The molecule has 140 valence electrons. The first-order chi connectivity index (χ1) is 12.9. The fourth-order valence-electron chi connectivity index (χ4n) is 3.61. The SMILES string of the molecule is CC1(NC(=O)c2ccc(C(=O)c3ccccc3)c(C(=O)O)c2)CCCCC1. The van der Waals surface area contributed by atoms with E-state index in [0.717, 1.165) is 25.7 Å². The van der Waals surface area contributed by atoms with Gasteiger partial charge in [-0.3, -0.25) is 9.59 Å². The Morgan fingerprint density at radius 1 is 0.889 bits per heavy atom. The van der Waals surface area contributed by atoms with Crippen molar-refractivity contribution in [1.29, 1.82) is 0 Å². The predicted octanol–water partition coefficient (Wildman–Crippen LogP) is 4.07. The summed E-state index contributed by atoms with van der Waals surface area (Å²) < 4.78 is 0. The number of nitrogens with one attached hydrogen (secondary N) is 1. The van der Waals surface area contributed by atoms with E-state index in [1.54, 1.807) is 30.3 Å². The van der Waals surface area contributed by atoms with Crippen LogP contribution in [-0.2, 0) is 0 Å². The van der Waals surface area contributed by atoms with E-state index < -0.39 is 5.97 Å². The molecule has 2 N–H and O–H groups in total. The molecule has 27 heavy (non-hydrogen) atoms. The maximum absolute atomic E-state index is 12.7. The molecule has 0 aromatic heterocycles. The molecule has 5 heteroatoms. The standard InChI is InChI=1S/C22H23NO4/c1-22(12-6-3-7-13-22)23-20(25)16-10-11-17(18(14-16)21(26)27)19(24)15-8-4-2-5-9-15/h2,4-5,8-11,14H,3,6-7,12-13H2,1H3,(H,23,25)(H,26,27). The summed E-state index contributed by atoms with van der Waals surface area (Å²) in [4.78, 5) is 37.0. The van der Waals surface area contributed by atoms with Crippen LogP contribution in [0.3, 0.4) is 0 Å². The summed E-state index contributed by atoms with van der Waals surface area (Å²) >= 11 is 0. The third-order valence-electron chi connectivity index (χ3n) is 5.17. The van der Waals surface area contributed by atoms with Gasteiger partial charge in [-0.15, -0.1) is 0 Å². The van der Waals surface area contributed by atoms with E-state index in [1.807, 2.05) is 6.92 Å². The molecule has 2 aromatic carbocycles. The Morgan fingerprint density at radius 2 is 1.56 bits per heavy atom. The maximum atomic E-state index is 12.7. The average molecular weight is 365 g/mol. The zero-order valence-electron chi connectivity index (χ0n) is 15.3. The van der Waals surface area contributed by atoms with Crippen LogP contribution >= 0.6 is 0 Å². The first-order valence-electron chi connectivity index (χ1n) is 9.19. The molecule has 1 amide bonds. The van der Waals surface area contributed by atoms with E-state index >= 15 is 0 Å². The number of aromatic carboxylic acids is 1. The van der Waals surface area contributed by atoms with Crippen LogP contribution in [0.2, 0.25) is 0 Å². The predicted molar refractivity (Wildman–Crippen MR) is 102 cm³/mol. The lowest BCUT2D eigenvalue weighted by molar-refractivity contribution is 0.0692. The van der Waals surface area contributed by atoms with Gasteiger partial charge in [-0.1, -0.05) is 49.6 Å². The molecule has 0 radical (unpaired) electrons. The van der Waals surface area contributed by atoms with Gasteiger partial charge in [-0.2, -0.15) is 0 Å². The van der Waals surface area contributed by atoms with Crippen molar-refractivity contribution < 1.29 is 19.5 Å². The number of carboxylic acid groups (broad SMARTS) is 1. The van der Waals surface area contributed by atoms with Gasteiger partial charge in [0.05, 0.1) is 5.56 Å². The lowest BCUT2D eigenvalue weighted by Crippen LogP contribution is -2.47. The fourth-order valence-corrected chi connectivity index (χ4v) is 3.61. The first-order valence-corrected chi connectivity index (χ1v) is 9.19. The van der Waals surface area contributed by atoms with Crippen molar-refractivity contribution in [3.63, 3.8) is 0 Å². The Morgan fingerprint density at radius 3 is 2.19 bits per heavy atom. The number of carbonyl (C=O) groups excluding carboxylic acids is 2. The lowest BCUT2D eigenvalue weighted by atomic mass is 9.83. The highest BCUT2D eigenvalue weighted by Gasteiger charge is 2.29. The number of benzene rings is 2. The molecule has 0 aliphatic heterocycles. The second kappa shape index (κ2) is 7.74. The number of carboxylic acids is 1. The Labute approximate surface area is 158 Å². The van der Waals surface area contributed by atoms with Crippen LogP contribution in [-0.4, -0.2) is 28.3 Å². The summed E-state index contributed by atoms with van der Waals surface area (Å²) in [6.45, 7) is 2.02. The van der Waals surface area contributed by atoms with E-state index in [4.69, 9.17) is 0 Å². The van der Waals surface area contributed by atoms with Crippen LogP contribution in [0, 0.1) is 0 Å². The van der Waals surface area contributed by atoms with Crippen molar-refractivity contribution in [2.24, 2.45) is 0 Å². The molecule has 5 nitrogen and oxygen atoms in total. The van der Waals surface area contributed by atoms with Crippen LogP contribution in [0.1, 0.15) is 75.7 Å². The van der Waals surface area contributed by atoms with Gasteiger partial charge in [0.15, 0.2) is 5.78 Å². The summed E-state index contributed by atoms with van der Waals surface area (Å²) in [6.07, 6.45) is 5.14. The van der Waals surface area contributed by atoms with E-state index in [0.29, 0.717) is 5.56 Å². The van der Waals surface area contributed by atoms with Crippen LogP contribution in [0.25, 0.3) is 0 Å². The highest BCUT2D eigenvalue weighted by molar-refractivity contribution is 6.15. The van der Waals surface area contributed by atoms with Crippen molar-refractivity contribution in [3.05, 3.63) is 70.8 Å². The summed E-state index contributed by atoms with van der Waals surface area (Å²) in [5, 5.41) is 12.6. The number of carbonyl (C=O) groups is 3. The maximum Gasteiger partial charge on any atom is 0.336 e. The molecule has 1 aliphatic carbocycles. The number of rotatable bonds is 5. The van der Waals surface area contributed by atoms with Gasteiger partial charge in [0, 0.05) is 22.2 Å². The highest BCUT2D eigenvalue weighted by atomic mass is 16.4. The first kappa shape index (κ1) is 18.8. The minimum absolute atomic E-state index is 0.0779. The van der Waals surface area contributed by atoms with Crippen LogP contribution in [0.15, 0.2) is 48.5 Å². The van der Waals surface area contributed by atoms with E-state index in [-0.39, 0.29) is 33.9 Å². The minimum Gasteiger partial charge on any atom is -0.478 e. The van der Waals surface area contributed by atoms with E-state index in [2.05, 4.69) is 5.32 Å². The van der Waals surface area contributed by atoms with Gasteiger partial charge in [0.2, 0.25) is 0 Å². The molecular formula is C22H23NO4. The smallest absolute Gasteiger partial charge is 0.336 e. The second-order valence-electron chi connectivity index (χ2n) is 7.34. The Balaban J connectivity index is 1.88. The zero-order valence-corrected chi connectivity index (χ0v) is 15.3. The zero-order chi connectivity index (χ0) is 19.4. The van der Waals surface area contributed by atoms with Gasteiger partial charge in [0.25, 0.3) is 5.91 Å². The normalized spacial score (nSPS) is 15.7. The summed E-state index contributed by atoms with van der Waals surface area (Å²) in [5.41, 5.74) is 0.312. The Bertz CT molecular complexity index is 867.